The van der Waals surface area contributed by atoms with E-state index in [-0.39, 0.29) is 25.7 Å². The van der Waals surface area contributed by atoms with Gasteiger partial charge in [0.05, 0.1) is 25.4 Å². The highest BCUT2D eigenvalue weighted by atomic mass is 31.2. The van der Waals surface area contributed by atoms with E-state index < -0.39 is 20.0 Å². The van der Waals surface area contributed by atoms with Gasteiger partial charge in [-0.05, 0) is 51.4 Å². The molecule has 8 nitrogen and oxygen atoms in total. The molecule has 5 N–H and O–H groups in total. The molecule has 0 aliphatic carbocycles. The Morgan fingerprint density at radius 2 is 0.932 bits per heavy atom. The average Bonchev–Trinajstić information content (AvgIpc) is 3.22. The normalized spacial score (nSPS) is 14.2. The fourth-order valence-electron chi connectivity index (χ4n) is 7.44. The van der Waals surface area contributed by atoms with Crippen LogP contribution in [0, 0.1) is 0 Å². The van der Waals surface area contributed by atoms with Crippen LogP contribution >= 0.6 is 7.82 Å². The van der Waals surface area contributed by atoms with Crippen molar-refractivity contribution in [3.63, 3.8) is 0 Å². The van der Waals surface area contributed by atoms with Crippen LogP contribution in [0.15, 0.2) is 36.5 Å². The summed E-state index contributed by atoms with van der Waals surface area (Å²) in [5.74, 6) is -0.172. The molecule has 0 aliphatic rings. The molecule has 0 aromatic rings. The third-order valence-electron chi connectivity index (χ3n) is 11.2. The second kappa shape index (κ2) is 46.2. The maximum atomic E-state index is 12.8. The fraction of sp³-hybridized carbons (Fsp3) is 0.860. The lowest BCUT2D eigenvalue weighted by Crippen LogP contribution is -2.46. The van der Waals surface area contributed by atoms with Gasteiger partial charge in [0.25, 0.3) is 0 Å². The van der Waals surface area contributed by atoms with Gasteiger partial charge in [0.15, 0.2) is 0 Å². The zero-order valence-electron chi connectivity index (χ0n) is 38.7. The molecule has 59 heavy (non-hydrogen) atoms. The van der Waals surface area contributed by atoms with E-state index in [4.69, 9.17) is 14.8 Å². The number of carbonyl (C=O) groups is 1. The van der Waals surface area contributed by atoms with Crippen LogP contribution in [0.1, 0.15) is 245 Å². The minimum Gasteiger partial charge on any atom is -0.391 e. The van der Waals surface area contributed by atoms with Gasteiger partial charge in [-0.25, -0.2) is 4.57 Å². The van der Waals surface area contributed by atoms with Gasteiger partial charge >= 0.3 is 7.82 Å². The van der Waals surface area contributed by atoms with Gasteiger partial charge in [0, 0.05) is 13.0 Å². The Morgan fingerprint density at radius 3 is 1.36 bits per heavy atom. The van der Waals surface area contributed by atoms with Gasteiger partial charge in [-0.1, -0.05) is 224 Å². The number of nitrogens with one attached hydrogen (secondary N) is 1. The highest BCUT2D eigenvalue weighted by Crippen LogP contribution is 2.43. The summed E-state index contributed by atoms with van der Waals surface area (Å²) < 4.78 is 22.3. The molecule has 0 bridgehead atoms. The minimum absolute atomic E-state index is 0.0861. The summed E-state index contributed by atoms with van der Waals surface area (Å²) in [4.78, 5) is 22.8. The molecular formula is C50H97N2O6P. The fourth-order valence-corrected chi connectivity index (χ4v) is 8.20. The van der Waals surface area contributed by atoms with Crippen molar-refractivity contribution in [3.8, 4) is 0 Å². The van der Waals surface area contributed by atoms with Gasteiger partial charge in [-0.3, -0.25) is 13.8 Å². The van der Waals surface area contributed by atoms with E-state index in [0.717, 1.165) is 64.2 Å². The standard InChI is InChI=1S/C50H97N2O6P/c1-3-5-7-9-11-13-15-17-19-21-23-24-26-28-30-32-34-36-38-40-42-44-50(54)52-48(47-58-59(55,56)57-46-45-51)49(53)43-41-39-37-35-33-31-29-27-25-22-20-18-16-14-12-10-8-6-4-2/h15,17,21,23,26,28,48-49,53H,3-14,16,18-20,22,24-25,27,29-47,51H2,1-2H3,(H,52,54)(H,55,56)/b17-15-,23-21-,28-26-. The Balaban J connectivity index is 4.10. The van der Waals surface area contributed by atoms with Crippen molar-refractivity contribution >= 4 is 13.7 Å². The summed E-state index contributed by atoms with van der Waals surface area (Å²) >= 11 is 0. The SMILES string of the molecule is CCCCCCC/C=C\C/C=C\C/C=C\CCCCCCCCC(=O)NC(COP(=O)(O)OCCN)C(O)CCCCCCCCCCCCCCCCCCCCC. The number of nitrogens with two attached hydrogens (primary N) is 1. The summed E-state index contributed by atoms with van der Waals surface area (Å²) in [6.07, 6.45) is 55.9. The van der Waals surface area contributed by atoms with Gasteiger partial charge in [-0.15, -0.1) is 0 Å². The van der Waals surface area contributed by atoms with Gasteiger partial charge < -0.3 is 21.1 Å². The summed E-state index contributed by atoms with van der Waals surface area (Å²) in [5.41, 5.74) is 5.40. The number of hydrogen-bond donors (Lipinski definition) is 4. The molecule has 3 atom stereocenters. The summed E-state index contributed by atoms with van der Waals surface area (Å²) in [7, 11) is -4.32. The van der Waals surface area contributed by atoms with Crippen LogP contribution in [0.3, 0.4) is 0 Å². The van der Waals surface area contributed by atoms with E-state index in [1.807, 2.05) is 0 Å². The second-order valence-electron chi connectivity index (χ2n) is 17.0. The van der Waals surface area contributed by atoms with Crippen molar-refractivity contribution < 1.29 is 28.4 Å². The zero-order chi connectivity index (χ0) is 43.2. The number of unbranched alkanes of at least 4 members (excludes halogenated alkanes) is 29. The van der Waals surface area contributed by atoms with Crippen LogP contribution in [0.5, 0.6) is 0 Å². The highest BCUT2D eigenvalue weighted by molar-refractivity contribution is 7.47. The number of hydrogen-bond acceptors (Lipinski definition) is 6. The van der Waals surface area contributed by atoms with Crippen LogP contribution < -0.4 is 11.1 Å². The number of amides is 1. The number of allylic oxidation sites excluding steroid dienone is 6. The molecule has 0 aromatic heterocycles. The number of phosphoric ester groups is 1. The molecule has 0 saturated carbocycles. The van der Waals surface area contributed by atoms with Crippen LogP contribution in [-0.4, -0.2) is 47.8 Å². The van der Waals surface area contributed by atoms with E-state index >= 15 is 0 Å². The molecule has 3 unspecified atom stereocenters. The molecule has 0 saturated heterocycles. The number of aliphatic hydroxyl groups is 1. The van der Waals surface area contributed by atoms with Crippen LogP contribution in [0.2, 0.25) is 0 Å². The molecule has 0 heterocycles. The first kappa shape index (κ1) is 57.7. The topological polar surface area (TPSA) is 131 Å². The van der Waals surface area contributed by atoms with Crippen LogP contribution in [0.4, 0.5) is 0 Å². The summed E-state index contributed by atoms with van der Waals surface area (Å²) in [5, 5.41) is 13.9. The Kier molecular flexibility index (Phi) is 45.2. The zero-order valence-corrected chi connectivity index (χ0v) is 39.6. The number of aliphatic hydroxyl groups excluding tert-OH is 1. The third-order valence-corrected chi connectivity index (χ3v) is 12.2. The van der Waals surface area contributed by atoms with E-state index in [2.05, 4.69) is 55.6 Å². The molecule has 1 amide bonds. The Bertz CT molecular complexity index is 1020. The molecular weight excluding hydrogens is 756 g/mol. The molecule has 348 valence electrons. The monoisotopic (exact) mass is 853 g/mol. The summed E-state index contributed by atoms with van der Waals surface area (Å²) in [6, 6.07) is -0.782. The first-order valence-corrected chi connectivity index (χ1v) is 26.6. The van der Waals surface area contributed by atoms with Gasteiger partial charge in [-0.2, -0.15) is 0 Å². The van der Waals surface area contributed by atoms with Crippen LogP contribution in [0.25, 0.3) is 0 Å². The lowest BCUT2D eigenvalue weighted by atomic mass is 10.0. The van der Waals surface area contributed by atoms with Crippen molar-refractivity contribution in [2.75, 3.05) is 19.8 Å². The van der Waals surface area contributed by atoms with Crippen molar-refractivity contribution in [1.29, 1.82) is 0 Å². The molecule has 0 fully saturated rings. The average molecular weight is 853 g/mol. The molecule has 9 heteroatoms. The van der Waals surface area contributed by atoms with Crippen molar-refractivity contribution in [1.82, 2.24) is 5.32 Å². The second-order valence-corrected chi connectivity index (χ2v) is 18.5. The lowest BCUT2D eigenvalue weighted by Gasteiger charge is -2.25. The first-order valence-electron chi connectivity index (χ1n) is 25.1. The summed E-state index contributed by atoms with van der Waals surface area (Å²) in [6.45, 7) is 4.21. The smallest absolute Gasteiger partial charge is 0.391 e. The predicted octanol–water partition coefficient (Wildman–Crippen LogP) is 14.7. The largest absolute Gasteiger partial charge is 0.472 e. The first-order chi connectivity index (χ1) is 28.9. The number of rotatable bonds is 47. The predicted molar refractivity (Wildman–Crippen MR) is 254 cm³/mol. The van der Waals surface area contributed by atoms with Gasteiger partial charge in [0.1, 0.15) is 0 Å². The van der Waals surface area contributed by atoms with E-state index in [1.54, 1.807) is 0 Å². The van der Waals surface area contributed by atoms with E-state index in [0.29, 0.717) is 12.8 Å². The Morgan fingerprint density at radius 1 is 0.559 bits per heavy atom. The molecule has 0 radical (unpaired) electrons. The molecule has 0 aliphatic heterocycles. The van der Waals surface area contributed by atoms with Crippen molar-refractivity contribution in [2.24, 2.45) is 5.73 Å². The van der Waals surface area contributed by atoms with Crippen LogP contribution in [-0.2, 0) is 18.4 Å². The number of carbonyl (C=O) groups excluding carboxylic acids is 1. The maximum Gasteiger partial charge on any atom is 0.472 e. The highest BCUT2D eigenvalue weighted by Gasteiger charge is 2.27. The Hall–Kier alpha value is -1.28. The molecule has 0 aromatic carbocycles. The van der Waals surface area contributed by atoms with Gasteiger partial charge in [0.2, 0.25) is 5.91 Å². The lowest BCUT2D eigenvalue weighted by molar-refractivity contribution is -0.123. The van der Waals surface area contributed by atoms with E-state index in [9.17, 15) is 19.4 Å². The van der Waals surface area contributed by atoms with E-state index in [1.165, 1.54) is 154 Å². The Labute approximate surface area is 365 Å². The minimum atomic E-state index is -4.32. The molecule has 0 rings (SSSR count). The molecule has 0 spiro atoms. The van der Waals surface area contributed by atoms with Crippen molar-refractivity contribution in [3.05, 3.63) is 36.5 Å². The third kappa shape index (κ3) is 44.6. The van der Waals surface area contributed by atoms with Crippen molar-refractivity contribution in [2.45, 2.75) is 257 Å². The quantitative estimate of drug-likeness (QED) is 0.0272. The number of phosphoric acid groups is 1. The maximum absolute atomic E-state index is 12.8.